The number of ether oxygens (including phenoxy) is 2. The molecule has 0 aromatic rings. The van der Waals surface area contributed by atoms with Crippen molar-refractivity contribution in [2.45, 2.75) is 38.3 Å². The summed E-state index contributed by atoms with van der Waals surface area (Å²) in [5.41, 5.74) is 5.36. The summed E-state index contributed by atoms with van der Waals surface area (Å²) in [4.78, 5) is 24.9. The number of hydrogen-bond acceptors (Lipinski definition) is 5. The summed E-state index contributed by atoms with van der Waals surface area (Å²) in [5, 5.41) is 8.58. The Bertz CT molecular complexity index is 395. The maximum Gasteiger partial charge on any atom is 0.305 e. The van der Waals surface area contributed by atoms with Crippen LogP contribution in [-0.2, 0) is 19.1 Å². The quantitative estimate of drug-likeness (QED) is 0.731. The highest BCUT2D eigenvalue weighted by Gasteiger charge is 2.46. The van der Waals surface area contributed by atoms with E-state index >= 15 is 0 Å². The van der Waals surface area contributed by atoms with Gasteiger partial charge >= 0.3 is 5.97 Å². The van der Waals surface area contributed by atoms with E-state index < -0.39 is 11.4 Å². The second-order valence-electron chi connectivity index (χ2n) is 6.05. The molecule has 2 fully saturated rings. The highest BCUT2D eigenvalue weighted by molar-refractivity contribution is 5.83. The number of carboxylic acid groups (broad SMARTS) is 1. The van der Waals surface area contributed by atoms with E-state index in [1.54, 1.807) is 0 Å². The lowest BCUT2D eigenvalue weighted by atomic mass is 9.83. The van der Waals surface area contributed by atoms with Gasteiger partial charge in [-0.2, -0.15) is 0 Å². The molecule has 0 aromatic carbocycles. The van der Waals surface area contributed by atoms with Crippen LogP contribution in [0.2, 0.25) is 0 Å². The number of carbonyl (C=O) groups excluding carboxylic acids is 1. The second-order valence-corrected chi connectivity index (χ2v) is 6.05. The molecule has 0 aliphatic carbocycles. The SMILES string of the molecule is CC1(C(=O)N2CCC(OCCC(=O)O)CC2)COCC1N. The Morgan fingerprint density at radius 3 is 2.62 bits per heavy atom. The van der Waals surface area contributed by atoms with Gasteiger partial charge in [0.15, 0.2) is 0 Å². The molecule has 2 saturated heterocycles. The van der Waals surface area contributed by atoms with Crippen molar-refractivity contribution in [3.63, 3.8) is 0 Å². The summed E-state index contributed by atoms with van der Waals surface area (Å²) >= 11 is 0. The number of aliphatic carboxylic acids is 1. The predicted molar refractivity (Wildman–Crippen MR) is 74.7 cm³/mol. The molecule has 7 heteroatoms. The fraction of sp³-hybridized carbons (Fsp3) is 0.857. The van der Waals surface area contributed by atoms with Crippen LogP contribution in [0.4, 0.5) is 0 Å². The lowest BCUT2D eigenvalue weighted by molar-refractivity contribution is -0.144. The Balaban J connectivity index is 1.78. The first-order valence-corrected chi connectivity index (χ1v) is 7.39. The van der Waals surface area contributed by atoms with E-state index in [1.165, 1.54) is 0 Å². The second kappa shape index (κ2) is 6.72. The number of nitrogens with zero attached hydrogens (tertiary/aromatic N) is 1. The largest absolute Gasteiger partial charge is 0.481 e. The molecule has 0 aromatic heterocycles. The molecule has 2 atom stereocenters. The lowest BCUT2D eigenvalue weighted by Gasteiger charge is -2.37. The molecule has 7 nitrogen and oxygen atoms in total. The van der Waals surface area contributed by atoms with Gasteiger partial charge in [-0.05, 0) is 19.8 Å². The maximum atomic E-state index is 12.6. The molecule has 0 saturated carbocycles. The van der Waals surface area contributed by atoms with Crippen LogP contribution in [0, 0.1) is 5.41 Å². The Kier molecular flexibility index (Phi) is 5.18. The van der Waals surface area contributed by atoms with Gasteiger partial charge in [-0.15, -0.1) is 0 Å². The van der Waals surface area contributed by atoms with Crippen molar-refractivity contribution < 1.29 is 24.2 Å². The molecule has 1 amide bonds. The van der Waals surface area contributed by atoms with Crippen molar-refractivity contribution in [2.24, 2.45) is 11.1 Å². The van der Waals surface area contributed by atoms with Crippen LogP contribution in [0.15, 0.2) is 0 Å². The van der Waals surface area contributed by atoms with E-state index in [1.807, 2.05) is 11.8 Å². The first-order chi connectivity index (χ1) is 9.93. The fourth-order valence-corrected chi connectivity index (χ4v) is 2.81. The zero-order chi connectivity index (χ0) is 15.5. The summed E-state index contributed by atoms with van der Waals surface area (Å²) in [6.07, 6.45) is 1.52. The number of carboxylic acids is 1. The van der Waals surface area contributed by atoms with Gasteiger partial charge in [0, 0.05) is 19.1 Å². The van der Waals surface area contributed by atoms with Crippen molar-refractivity contribution in [3.8, 4) is 0 Å². The maximum absolute atomic E-state index is 12.6. The van der Waals surface area contributed by atoms with Gasteiger partial charge in [0.2, 0.25) is 5.91 Å². The molecule has 120 valence electrons. The number of piperidine rings is 1. The molecule has 0 spiro atoms. The number of hydrogen-bond donors (Lipinski definition) is 2. The Hall–Kier alpha value is -1.18. The minimum absolute atomic E-state index is 0.0173. The van der Waals surface area contributed by atoms with Crippen LogP contribution >= 0.6 is 0 Å². The van der Waals surface area contributed by atoms with Crippen molar-refractivity contribution in [1.29, 1.82) is 0 Å². The molecule has 2 unspecified atom stereocenters. The number of amides is 1. The van der Waals surface area contributed by atoms with Crippen LogP contribution < -0.4 is 5.73 Å². The normalized spacial score (nSPS) is 30.6. The monoisotopic (exact) mass is 300 g/mol. The van der Waals surface area contributed by atoms with Crippen LogP contribution in [0.25, 0.3) is 0 Å². The number of rotatable bonds is 5. The molecule has 2 heterocycles. The van der Waals surface area contributed by atoms with Crippen LogP contribution in [0.1, 0.15) is 26.2 Å². The summed E-state index contributed by atoms with van der Waals surface area (Å²) in [7, 11) is 0. The van der Waals surface area contributed by atoms with Gasteiger partial charge in [-0.1, -0.05) is 0 Å². The van der Waals surface area contributed by atoms with E-state index in [0.29, 0.717) is 26.3 Å². The Morgan fingerprint density at radius 2 is 2.10 bits per heavy atom. The summed E-state index contributed by atoms with van der Waals surface area (Å²) < 4.78 is 10.9. The minimum atomic E-state index is -0.856. The third kappa shape index (κ3) is 3.72. The molecule has 3 N–H and O–H groups in total. The number of carbonyl (C=O) groups is 2. The summed E-state index contributed by atoms with van der Waals surface area (Å²) in [6, 6.07) is -0.255. The third-order valence-corrected chi connectivity index (χ3v) is 4.40. The first kappa shape index (κ1) is 16.2. The van der Waals surface area contributed by atoms with Crippen LogP contribution in [0.3, 0.4) is 0 Å². The highest BCUT2D eigenvalue weighted by atomic mass is 16.5. The Morgan fingerprint density at radius 1 is 1.43 bits per heavy atom. The molecular weight excluding hydrogens is 276 g/mol. The highest BCUT2D eigenvalue weighted by Crippen LogP contribution is 2.30. The standard InChI is InChI=1S/C14H24N2O5/c1-14(9-20-8-11(14)15)13(19)16-5-2-10(3-6-16)21-7-4-12(17)18/h10-11H,2-9,15H2,1H3,(H,17,18). The smallest absolute Gasteiger partial charge is 0.305 e. The van der Waals surface area contributed by atoms with Crippen molar-refractivity contribution in [2.75, 3.05) is 32.9 Å². The van der Waals surface area contributed by atoms with Crippen molar-refractivity contribution in [3.05, 3.63) is 0 Å². The van der Waals surface area contributed by atoms with E-state index in [-0.39, 0.29) is 31.1 Å². The molecule has 2 aliphatic heterocycles. The van der Waals surface area contributed by atoms with E-state index in [4.69, 9.17) is 20.3 Å². The Labute approximate surface area is 124 Å². The molecule has 21 heavy (non-hydrogen) atoms. The zero-order valence-corrected chi connectivity index (χ0v) is 12.4. The van der Waals surface area contributed by atoms with Gasteiger partial charge in [0.05, 0.1) is 37.8 Å². The fourth-order valence-electron chi connectivity index (χ4n) is 2.81. The third-order valence-electron chi connectivity index (χ3n) is 4.40. The minimum Gasteiger partial charge on any atom is -0.481 e. The molecule has 2 rings (SSSR count). The van der Waals surface area contributed by atoms with Crippen LogP contribution in [-0.4, -0.2) is 66.9 Å². The predicted octanol–water partition coefficient (Wildman–Crippen LogP) is -0.167. The molecule has 2 aliphatic rings. The van der Waals surface area contributed by atoms with Crippen molar-refractivity contribution in [1.82, 2.24) is 4.90 Å². The first-order valence-electron chi connectivity index (χ1n) is 7.39. The average molecular weight is 300 g/mol. The van der Waals surface area contributed by atoms with Gasteiger partial charge in [0.25, 0.3) is 0 Å². The van der Waals surface area contributed by atoms with E-state index in [9.17, 15) is 9.59 Å². The molecule has 0 radical (unpaired) electrons. The van der Waals surface area contributed by atoms with Crippen molar-refractivity contribution >= 4 is 11.9 Å². The number of nitrogens with two attached hydrogens (primary N) is 1. The van der Waals surface area contributed by atoms with E-state index in [2.05, 4.69) is 0 Å². The molecular formula is C14H24N2O5. The van der Waals surface area contributed by atoms with Crippen LogP contribution in [0.5, 0.6) is 0 Å². The summed E-state index contributed by atoms with van der Waals surface area (Å²) in [6.45, 7) is 4.14. The van der Waals surface area contributed by atoms with Gasteiger partial charge in [-0.3, -0.25) is 9.59 Å². The van der Waals surface area contributed by atoms with Gasteiger partial charge in [-0.25, -0.2) is 0 Å². The van der Waals surface area contributed by atoms with Gasteiger partial charge in [0.1, 0.15) is 0 Å². The topological polar surface area (TPSA) is 102 Å². The summed E-state index contributed by atoms with van der Waals surface area (Å²) in [5.74, 6) is -0.803. The van der Waals surface area contributed by atoms with E-state index in [0.717, 1.165) is 12.8 Å². The molecule has 0 bridgehead atoms. The average Bonchev–Trinajstić information content (AvgIpc) is 2.79. The van der Waals surface area contributed by atoms with Gasteiger partial charge < -0.3 is 25.2 Å². The number of likely N-dealkylation sites (tertiary alicyclic amines) is 1. The lowest BCUT2D eigenvalue weighted by Crippen LogP contribution is -2.53. The zero-order valence-electron chi connectivity index (χ0n) is 12.4.